The normalized spacial score (nSPS) is 18.7. The van der Waals surface area contributed by atoms with Crippen LogP contribution in [-0.2, 0) is 25.7 Å². The van der Waals surface area contributed by atoms with Gasteiger partial charge >= 0.3 is 7.12 Å². The van der Waals surface area contributed by atoms with Crippen LogP contribution in [0, 0.1) is 0 Å². The number of hydrogen-bond acceptors (Lipinski definition) is 12. The van der Waals surface area contributed by atoms with E-state index in [0.29, 0.717) is 17.6 Å². The van der Waals surface area contributed by atoms with Crippen molar-refractivity contribution >= 4 is 41.0 Å². The van der Waals surface area contributed by atoms with E-state index < -0.39 is 42.9 Å². The third kappa shape index (κ3) is 6.30. The maximum absolute atomic E-state index is 12.9. The van der Waals surface area contributed by atoms with Crippen molar-refractivity contribution in [2.75, 3.05) is 5.73 Å². The quantitative estimate of drug-likeness (QED) is 0.141. The summed E-state index contributed by atoms with van der Waals surface area (Å²) in [5, 5.41) is 37.3. The number of ketones is 1. The molecule has 13 nitrogen and oxygen atoms in total. The molecule has 0 unspecified atom stereocenters. The number of hydrogen-bond donors (Lipinski definition) is 5. The summed E-state index contributed by atoms with van der Waals surface area (Å²) in [7, 11) is -1.32. The lowest BCUT2D eigenvalue weighted by molar-refractivity contribution is -0.119. The molecule has 2 aromatic rings. The number of pyridine rings is 1. The number of carbonyl (C=O) groups is 2. The summed E-state index contributed by atoms with van der Waals surface area (Å²) in [5.74, 6) is -2.21. The standard InChI is InChI=1S/C18H22BN5O8S/c1-9(25)4-11-2-3-15(19(29)32-11)22-17(28)16(12-8-33-18(20)21-12)23-31-7-10-5-13(26)14(27)6-24(10)30/h5-6,8,11,15,27,29-30H,2-4,7H2,1H3,(H2,20,21)(H,22,28)/b23-16-/t11-,15-/m0/s1. The van der Waals surface area contributed by atoms with Crippen LogP contribution in [0.15, 0.2) is 27.6 Å². The Morgan fingerprint density at radius 2 is 2.24 bits per heavy atom. The largest absolute Gasteiger partial charge is 0.503 e. The van der Waals surface area contributed by atoms with Crippen LogP contribution in [0.25, 0.3) is 0 Å². The molecule has 3 rings (SSSR count). The molecule has 1 fully saturated rings. The van der Waals surface area contributed by atoms with Crippen molar-refractivity contribution in [3.63, 3.8) is 0 Å². The number of carbonyl (C=O) groups excluding carboxylic acids is 2. The lowest BCUT2D eigenvalue weighted by Crippen LogP contribution is -2.54. The number of anilines is 1. The van der Waals surface area contributed by atoms with Crippen molar-refractivity contribution in [2.24, 2.45) is 5.16 Å². The van der Waals surface area contributed by atoms with Gasteiger partial charge in [-0.25, -0.2) is 4.98 Å². The maximum atomic E-state index is 12.9. The Morgan fingerprint density at radius 3 is 2.88 bits per heavy atom. The molecule has 0 aliphatic carbocycles. The van der Waals surface area contributed by atoms with Crippen LogP contribution < -0.4 is 16.5 Å². The van der Waals surface area contributed by atoms with Gasteiger partial charge in [-0.15, -0.1) is 11.3 Å². The van der Waals surface area contributed by atoms with E-state index >= 15 is 0 Å². The Morgan fingerprint density at radius 1 is 1.48 bits per heavy atom. The number of nitrogen functional groups attached to an aromatic ring is 1. The van der Waals surface area contributed by atoms with Crippen molar-refractivity contribution in [1.82, 2.24) is 15.0 Å². The average molecular weight is 479 g/mol. The minimum atomic E-state index is -1.32. The summed E-state index contributed by atoms with van der Waals surface area (Å²) in [6.07, 6.45) is 1.36. The number of nitrogens with two attached hydrogens (primary N) is 1. The molecule has 33 heavy (non-hydrogen) atoms. The molecule has 1 saturated heterocycles. The number of oxime groups is 1. The molecule has 0 spiro atoms. The summed E-state index contributed by atoms with van der Waals surface area (Å²) in [6, 6.07) is 0.943. The molecular weight excluding hydrogens is 457 g/mol. The Bertz CT molecular complexity index is 1120. The highest BCUT2D eigenvalue weighted by molar-refractivity contribution is 7.13. The maximum Gasteiger partial charge on any atom is 0.478 e. The SMILES string of the molecule is CC(=O)C[C@@H]1CC[C@H](NC(=O)/C(=N\OCc2cc(=O)c(O)cn2O)c2csc(N)n2)B(O)O1. The van der Waals surface area contributed by atoms with E-state index in [4.69, 9.17) is 15.2 Å². The van der Waals surface area contributed by atoms with Crippen LogP contribution >= 0.6 is 11.3 Å². The highest BCUT2D eigenvalue weighted by atomic mass is 32.1. The molecule has 6 N–H and O–H groups in total. The molecule has 1 aliphatic heterocycles. The summed E-state index contributed by atoms with van der Waals surface area (Å²) in [5.41, 5.74) is 4.73. The predicted octanol–water partition coefficient (Wildman–Crippen LogP) is -0.587. The molecule has 0 saturated carbocycles. The average Bonchev–Trinajstić information content (AvgIpc) is 3.16. The number of nitrogens with zero attached hydrogens (tertiary/aromatic N) is 3. The van der Waals surface area contributed by atoms with Gasteiger partial charge in [-0.1, -0.05) is 5.16 Å². The van der Waals surface area contributed by atoms with Gasteiger partial charge in [0.05, 0.1) is 12.1 Å². The summed E-state index contributed by atoms with van der Waals surface area (Å²) >= 11 is 1.07. The molecule has 2 atom stereocenters. The van der Waals surface area contributed by atoms with Gasteiger partial charge in [0, 0.05) is 24.0 Å². The smallest absolute Gasteiger partial charge is 0.478 e. The minimum Gasteiger partial charge on any atom is -0.503 e. The predicted molar refractivity (Wildman–Crippen MR) is 117 cm³/mol. The third-order valence-electron chi connectivity index (χ3n) is 4.74. The van der Waals surface area contributed by atoms with E-state index in [1.807, 2.05) is 0 Å². The molecule has 0 radical (unpaired) electrons. The van der Waals surface area contributed by atoms with Gasteiger partial charge < -0.3 is 35.9 Å². The number of amides is 1. The molecule has 1 amide bonds. The minimum absolute atomic E-state index is 0.0354. The van der Waals surface area contributed by atoms with E-state index in [1.165, 1.54) is 12.3 Å². The van der Waals surface area contributed by atoms with Gasteiger partial charge in [0.15, 0.2) is 23.2 Å². The van der Waals surface area contributed by atoms with Crippen LogP contribution in [0.3, 0.4) is 0 Å². The first-order chi connectivity index (χ1) is 15.6. The highest BCUT2D eigenvalue weighted by Gasteiger charge is 2.37. The zero-order chi connectivity index (χ0) is 24.1. The van der Waals surface area contributed by atoms with Crippen molar-refractivity contribution in [3.8, 4) is 5.75 Å². The Hall–Kier alpha value is -3.43. The summed E-state index contributed by atoms with van der Waals surface area (Å²) in [6.45, 7) is 1.02. The molecule has 15 heteroatoms. The van der Waals surface area contributed by atoms with Gasteiger partial charge in [0.1, 0.15) is 17.2 Å². The van der Waals surface area contributed by atoms with Crippen LogP contribution in [0.4, 0.5) is 5.13 Å². The van der Waals surface area contributed by atoms with Crippen molar-refractivity contribution < 1.29 is 34.4 Å². The number of rotatable bonds is 8. The lowest BCUT2D eigenvalue weighted by Gasteiger charge is -2.31. The first-order valence-electron chi connectivity index (χ1n) is 9.83. The molecule has 0 bridgehead atoms. The van der Waals surface area contributed by atoms with Crippen LogP contribution in [0.5, 0.6) is 5.75 Å². The van der Waals surface area contributed by atoms with E-state index in [-0.39, 0.29) is 34.4 Å². The van der Waals surface area contributed by atoms with E-state index in [1.54, 1.807) is 0 Å². The second-order valence-corrected chi connectivity index (χ2v) is 8.24. The number of thiazole rings is 1. The number of aromatic nitrogens is 2. The van der Waals surface area contributed by atoms with E-state index in [0.717, 1.165) is 23.6 Å². The molecule has 0 aromatic carbocycles. The first kappa shape index (κ1) is 24.2. The molecular formula is C18H22BN5O8S. The second-order valence-electron chi connectivity index (χ2n) is 7.36. The molecule has 3 heterocycles. The first-order valence-corrected chi connectivity index (χ1v) is 10.7. The third-order valence-corrected chi connectivity index (χ3v) is 5.42. The van der Waals surface area contributed by atoms with Gasteiger partial charge in [-0.05, 0) is 19.8 Å². The zero-order valence-electron chi connectivity index (χ0n) is 17.5. The van der Waals surface area contributed by atoms with Crippen molar-refractivity contribution in [3.05, 3.63) is 39.3 Å². The molecule has 2 aromatic heterocycles. The number of nitrogens with one attached hydrogen (secondary N) is 1. The van der Waals surface area contributed by atoms with Gasteiger partial charge in [-0.2, -0.15) is 4.73 Å². The Balaban J connectivity index is 1.72. The van der Waals surface area contributed by atoms with Crippen LogP contribution in [0.2, 0.25) is 0 Å². The number of aromatic hydroxyl groups is 1. The molecule has 176 valence electrons. The fourth-order valence-corrected chi connectivity index (χ4v) is 3.69. The zero-order valence-corrected chi connectivity index (χ0v) is 18.3. The Labute approximate surface area is 191 Å². The summed E-state index contributed by atoms with van der Waals surface area (Å²) in [4.78, 5) is 44.8. The van der Waals surface area contributed by atoms with Gasteiger partial charge in [-0.3, -0.25) is 14.4 Å². The van der Waals surface area contributed by atoms with Crippen molar-refractivity contribution in [1.29, 1.82) is 0 Å². The van der Waals surface area contributed by atoms with Crippen LogP contribution in [-0.4, -0.2) is 61.6 Å². The van der Waals surface area contributed by atoms with E-state index in [2.05, 4.69) is 15.5 Å². The van der Waals surface area contributed by atoms with E-state index in [9.17, 15) is 29.7 Å². The highest BCUT2D eigenvalue weighted by Crippen LogP contribution is 2.19. The molecule has 1 aliphatic rings. The summed E-state index contributed by atoms with van der Waals surface area (Å²) < 4.78 is 5.89. The fourth-order valence-electron chi connectivity index (χ4n) is 3.14. The number of Topliss-reactive ketones (excluding diaryl/α,β-unsaturated/α-hetero) is 1. The second kappa shape index (κ2) is 10.5. The Kier molecular flexibility index (Phi) is 7.68. The van der Waals surface area contributed by atoms with Gasteiger partial charge in [0.2, 0.25) is 5.43 Å². The fraction of sp³-hybridized carbons (Fsp3) is 0.389. The monoisotopic (exact) mass is 479 g/mol. The van der Waals surface area contributed by atoms with Crippen LogP contribution in [0.1, 0.15) is 37.6 Å². The topological polar surface area (TPSA) is 199 Å². The van der Waals surface area contributed by atoms with Crippen molar-refractivity contribution in [2.45, 2.75) is 44.8 Å². The van der Waals surface area contributed by atoms with Gasteiger partial charge in [0.25, 0.3) is 5.91 Å². The lowest BCUT2D eigenvalue weighted by atomic mass is 9.72.